The van der Waals surface area contributed by atoms with Crippen molar-refractivity contribution in [3.63, 3.8) is 0 Å². The molecule has 0 radical (unpaired) electrons. The van der Waals surface area contributed by atoms with Crippen LogP contribution in [0.3, 0.4) is 0 Å². The van der Waals surface area contributed by atoms with Gasteiger partial charge in [-0.3, -0.25) is 0 Å². The smallest absolute Gasteiger partial charge is 0.0418 e. The second-order valence-corrected chi connectivity index (χ2v) is 4.99. The van der Waals surface area contributed by atoms with Crippen molar-refractivity contribution in [1.82, 2.24) is 5.32 Å². The molecule has 1 aromatic heterocycles. The van der Waals surface area contributed by atoms with Gasteiger partial charge in [-0.15, -0.1) is 11.3 Å². The fraction of sp³-hybridized carbons (Fsp3) is 0.636. The van der Waals surface area contributed by atoms with Crippen molar-refractivity contribution in [3.8, 4) is 0 Å². The summed E-state index contributed by atoms with van der Waals surface area (Å²) < 4.78 is 0. The molecule has 0 amide bonds. The minimum absolute atomic E-state index is 0.650. The summed E-state index contributed by atoms with van der Waals surface area (Å²) in [5, 5.41) is 5.79. The summed E-state index contributed by atoms with van der Waals surface area (Å²) in [7, 11) is 0. The Morgan fingerprint density at radius 2 is 2.38 bits per heavy atom. The van der Waals surface area contributed by atoms with Gasteiger partial charge >= 0.3 is 0 Å². The lowest BCUT2D eigenvalue weighted by Gasteiger charge is -2.13. The Morgan fingerprint density at radius 1 is 1.54 bits per heavy atom. The van der Waals surface area contributed by atoms with Crippen LogP contribution in [0.1, 0.15) is 49.1 Å². The molecule has 1 aromatic rings. The average molecular weight is 195 g/mol. The molecule has 0 saturated carbocycles. The first-order valence-corrected chi connectivity index (χ1v) is 5.97. The van der Waals surface area contributed by atoms with Crippen LogP contribution in [0.2, 0.25) is 0 Å². The van der Waals surface area contributed by atoms with Gasteiger partial charge in [0.1, 0.15) is 0 Å². The Bertz CT molecular complexity index is 271. The molecule has 0 aromatic carbocycles. The fourth-order valence-electron chi connectivity index (χ4n) is 2.00. The molecule has 1 fully saturated rings. The van der Waals surface area contributed by atoms with Crippen LogP contribution in [0, 0.1) is 0 Å². The maximum atomic E-state index is 3.56. The van der Waals surface area contributed by atoms with Gasteiger partial charge in [0.15, 0.2) is 0 Å². The highest BCUT2D eigenvalue weighted by molar-refractivity contribution is 7.10. The average Bonchev–Trinajstić information content (AvgIpc) is 2.74. The summed E-state index contributed by atoms with van der Waals surface area (Å²) in [5.41, 5.74) is 1.55. The molecule has 1 aliphatic heterocycles. The first-order chi connectivity index (χ1) is 6.29. The van der Waals surface area contributed by atoms with Gasteiger partial charge in [0.25, 0.3) is 0 Å². The van der Waals surface area contributed by atoms with Crippen LogP contribution in [-0.4, -0.2) is 6.54 Å². The summed E-state index contributed by atoms with van der Waals surface area (Å²) in [6, 6.07) is 2.93. The van der Waals surface area contributed by atoms with Crippen molar-refractivity contribution in [3.05, 3.63) is 21.9 Å². The normalized spacial score (nSPS) is 22.8. The van der Waals surface area contributed by atoms with Gasteiger partial charge in [-0.2, -0.15) is 0 Å². The topological polar surface area (TPSA) is 12.0 Å². The van der Waals surface area contributed by atoms with Gasteiger partial charge in [0, 0.05) is 10.9 Å². The summed E-state index contributed by atoms with van der Waals surface area (Å²) >= 11 is 1.91. The van der Waals surface area contributed by atoms with Crippen LogP contribution in [0.4, 0.5) is 0 Å². The highest BCUT2D eigenvalue weighted by atomic mass is 32.1. The third-order valence-electron chi connectivity index (χ3n) is 2.73. The zero-order chi connectivity index (χ0) is 9.26. The van der Waals surface area contributed by atoms with Crippen molar-refractivity contribution in [2.45, 2.75) is 38.6 Å². The van der Waals surface area contributed by atoms with Gasteiger partial charge in [-0.1, -0.05) is 13.8 Å². The van der Waals surface area contributed by atoms with E-state index in [-0.39, 0.29) is 0 Å². The van der Waals surface area contributed by atoms with E-state index in [1.54, 1.807) is 10.4 Å². The third-order valence-corrected chi connectivity index (χ3v) is 3.77. The Kier molecular flexibility index (Phi) is 2.70. The number of hydrogen-bond acceptors (Lipinski definition) is 2. The molecule has 1 saturated heterocycles. The minimum Gasteiger partial charge on any atom is -0.309 e. The van der Waals surface area contributed by atoms with E-state index in [9.17, 15) is 0 Å². The lowest BCUT2D eigenvalue weighted by molar-refractivity contribution is 0.647. The van der Waals surface area contributed by atoms with Crippen LogP contribution >= 0.6 is 11.3 Å². The molecule has 0 spiro atoms. The molecule has 1 aliphatic rings. The zero-order valence-corrected chi connectivity index (χ0v) is 9.16. The third kappa shape index (κ3) is 1.79. The van der Waals surface area contributed by atoms with Crippen LogP contribution < -0.4 is 5.32 Å². The number of hydrogen-bond donors (Lipinski definition) is 1. The minimum atomic E-state index is 0.650. The van der Waals surface area contributed by atoms with Crippen LogP contribution in [0.25, 0.3) is 0 Å². The van der Waals surface area contributed by atoms with Crippen molar-refractivity contribution < 1.29 is 0 Å². The Balaban J connectivity index is 2.23. The molecule has 2 heterocycles. The van der Waals surface area contributed by atoms with Crippen molar-refractivity contribution >= 4 is 11.3 Å². The first kappa shape index (κ1) is 9.22. The molecule has 1 nitrogen and oxygen atoms in total. The predicted octanol–water partition coefficient (Wildman–Crippen LogP) is 3.30. The van der Waals surface area contributed by atoms with E-state index in [1.807, 2.05) is 11.3 Å². The summed E-state index contributed by atoms with van der Waals surface area (Å²) in [5.74, 6) is 0.670. The predicted molar refractivity (Wildman–Crippen MR) is 58.4 cm³/mol. The van der Waals surface area contributed by atoms with Crippen LogP contribution in [-0.2, 0) is 0 Å². The molecular formula is C11H17NS. The van der Waals surface area contributed by atoms with E-state index in [2.05, 4.69) is 30.6 Å². The molecule has 72 valence electrons. The monoisotopic (exact) mass is 195 g/mol. The molecular weight excluding hydrogens is 178 g/mol. The van der Waals surface area contributed by atoms with E-state index in [0.29, 0.717) is 12.0 Å². The number of thiophene rings is 1. The van der Waals surface area contributed by atoms with E-state index < -0.39 is 0 Å². The quantitative estimate of drug-likeness (QED) is 0.763. The van der Waals surface area contributed by atoms with Gasteiger partial charge < -0.3 is 5.32 Å². The van der Waals surface area contributed by atoms with Crippen LogP contribution in [0.15, 0.2) is 11.4 Å². The molecule has 1 N–H and O–H groups in total. The lowest BCUT2D eigenvalue weighted by atomic mass is 10.0. The maximum absolute atomic E-state index is 3.56. The SMILES string of the molecule is CC(C)c1ccsc1[C@@H]1CCCN1. The molecule has 13 heavy (non-hydrogen) atoms. The second kappa shape index (κ2) is 3.81. The summed E-state index contributed by atoms with van der Waals surface area (Å²) in [4.78, 5) is 1.58. The lowest BCUT2D eigenvalue weighted by Crippen LogP contribution is -2.13. The van der Waals surface area contributed by atoms with E-state index in [1.165, 1.54) is 19.4 Å². The Labute approximate surface area is 84.2 Å². The van der Waals surface area contributed by atoms with Crippen LogP contribution in [0.5, 0.6) is 0 Å². The van der Waals surface area contributed by atoms with Gasteiger partial charge in [0.2, 0.25) is 0 Å². The Morgan fingerprint density at radius 3 is 3.00 bits per heavy atom. The zero-order valence-electron chi connectivity index (χ0n) is 8.34. The van der Waals surface area contributed by atoms with Gasteiger partial charge in [-0.05, 0) is 42.3 Å². The van der Waals surface area contributed by atoms with Crippen molar-refractivity contribution in [1.29, 1.82) is 0 Å². The molecule has 2 rings (SSSR count). The molecule has 1 atom stereocenters. The van der Waals surface area contributed by atoms with E-state index in [4.69, 9.17) is 0 Å². The standard InChI is InChI=1S/C11H17NS/c1-8(2)9-5-7-13-11(9)10-4-3-6-12-10/h5,7-8,10,12H,3-4,6H2,1-2H3/t10-/m0/s1. The first-order valence-electron chi connectivity index (χ1n) is 5.09. The summed E-state index contributed by atoms with van der Waals surface area (Å²) in [6.45, 7) is 5.75. The molecule has 0 unspecified atom stereocenters. The summed E-state index contributed by atoms with van der Waals surface area (Å²) in [6.07, 6.45) is 2.65. The van der Waals surface area contributed by atoms with E-state index in [0.717, 1.165) is 0 Å². The maximum Gasteiger partial charge on any atom is 0.0418 e. The van der Waals surface area contributed by atoms with Gasteiger partial charge in [0.05, 0.1) is 0 Å². The van der Waals surface area contributed by atoms with Crippen molar-refractivity contribution in [2.75, 3.05) is 6.54 Å². The van der Waals surface area contributed by atoms with E-state index >= 15 is 0 Å². The fourth-order valence-corrected chi connectivity index (χ4v) is 3.17. The highest BCUT2D eigenvalue weighted by Gasteiger charge is 2.21. The highest BCUT2D eigenvalue weighted by Crippen LogP contribution is 2.34. The molecule has 0 aliphatic carbocycles. The number of rotatable bonds is 2. The second-order valence-electron chi connectivity index (χ2n) is 4.04. The Hall–Kier alpha value is -0.340. The molecule has 0 bridgehead atoms. The molecule has 2 heteroatoms. The largest absolute Gasteiger partial charge is 0.309 e. The van der Waals surface area contributed by atoms with Gasteiger partial charge in [-0.25, -0.2) is 0 Å². The number of nitrogens with one attached hydrogen (secondary N) is 1. The van der Waals surface area contributed by atoms with Crippen molar-refractivity contribution in [2.24, 2.45) is 0 Å².